The second-order valence-corrected chi connectivity index (χ2v) is 4.50. The fourth-order valence-corrected chi connectivity index (χ4v) is 1.89. The highest BCUT2D eigenvalue weighted by molar-refractivity contribution is 4.91. The summed E-state index contributed by atoms with van der Waals surface area (Å²) in [7, 11) is 0. The number of hydrogen-bond acceptors (Lipinski definition) is 0. The molecule has 0 aliphatic heterocycles. The van der Waals surface area contributed by atoms with Crippen LogP contribution >= 0.6 is 0 Å². The van der Waals surface area contributed by atoms with Gasteiger partial charge in [-0.05, 0) is 18.8 Å². The van der Waals surface area contributed by atoms with Crippen molar-refractivity contribution in [3.05, 3.63) is 0 Å². The predicted molar refractivity (Wildman–Crippen MR) is 46.6 cm³/mol. The fourth-order valence-electron chi connectivity index (χ4n) is 1.89. The lowest BCUT2D eigenvalue weighted by atomic mass is 9.67. The van der Waals surface area contributed by atoms with Gasteiger partial charge in [0.25, 0.3) is 0 Å². The van der Waals surface area contributed by atoms with Crippen LogP contribution in [0.25, 0.3) is 0 Å². The molecule has 0 aromatic rings. The minimum Gasteiger partial charge on any atom is -0.247 e. The Balaban J connectivity index is 2.66. The van der Waals surface area contributed by atoms with E-state index in [0.29, 0.717) is 18.8 Å². The van der Waals surface area contributed by atoms with Gasteiger partial charge in [0.15, 0.2) is 0 Å². The Labute approximate surface area is 73.3 Å². The first-order chi connectivity index (χ1) is 5.47. The first-order valence-corrected chi connectivity index (χ1v) is 4.75. The van der Waals surface area contributed by atoms with Gasteiger partial charge in [-0.2, -0.15) is 0 Å². The van der Waals surface area contributed by atoms with Crippen LogP contribution in [0.4, 0.5) is 8.78 Å². The molecular formula is C10H18F2. The molecule has 0 radical (unpaired) electrons. The first-order valence-electron chi connectivity index (χ1n) is 4.75. The van der Waals surface area contributed by atoms with E-state index < -0.39 is 12.3 Å². The zero-order chi connectivity index (χ0) is 9.35. The minimum absolute atomic E-state index is 0.106. The van der Waals surface area contributed by atoms with Crippen LogP contribution in [0.5, 0.6) is 0 Å². The SMILES string of the molecule is CC(C)[C@]1(C)CCC(F)CC1F. The van der Waals surface area contributed by atoms with E-state index >= 15 is 0 Å². The van der Waals surface area contributed by atoms with Gasteiger partial charge in [-0.3, -0.25) is 0 Å². The van der Waals surface area contributed by atoms with Crippen molar-refractivity contribution in [1.29, 1.82) is 0 Å². The average Bonchev–Trinajstić information content (AvgIpc) is 1.97. The van der Waals surface area contributed by atoms with Crippen LogP contribution in [0.15, 0.2) is 0 Å². The normalized spacial score (nSPS) is 43.5. The Morgan fingerprint density at radius 3 is 2.33 bits per heavy atom. The maximum absolute atomic E-state index is 13.5. The molecular weight excluding hydrogens is 158 g/mol. The number of halogens is 2. The topological polar surface area (TPSA) is 0 Å². The summed E-state index contributed by atoms with van der Waals surface area (Å²) in [5, 5.41) is 0. The van der Waals surface area contributed by atoms with Crippen LogP contribution in [0.3, 0.4) is 0 Å². The zero-order valence-corrected chi connectivity index (χ0v) is 8.11. The summed E-state index contributed by atoms with van der Waals surface area (Å²) >= 11 is 0. The molecule has 0 aromatic carbocycles. The van der Waals surface area contributed by atoms with Crippen LogP contribution in [-0.2, 0) is 0 Å². The standard InChI is InChI=1S/C10H18F2/c1-7(2)10(3)5-4-8(11)6-9(10)12/h7-9H,4-6H2,1-3H3/t8?,9?,10-/m0/s1. The van der Waals surface area contributed by atoms with Crippen molar-refractivity contribution in [3.63, 3.8) is 0 Å². The van der Waals surface area contributed by atoms with Crippen LogP contribution < -0.4 is 0 Å². The minimum atomic E-state index is -0.957. The molecule has 0 aromatic heterocycles. The molecule has 0 N–H and O–H groups in total. The van der Waals surface area contributed by atoms with Gasteiger partial charge in [-0.25, -0.2) is 8.78 Å². The molecule has 0 saturated heterocycles. The van der Waals surface area contributed by atoms with Gasteiger partial charge >= 0.3 is 0 Å². The Morgan fingerprint density at radius 2 is 1.92 bits per heavy atom. The van der Waals surface area contributed by atoms with Crippen molar-refractivity contribution in [1.82, 2.24) is 0 Å². The summed E-state index contributed by atoms with van der Waals surface area (Å²) in [6.45, 7) is 5.98. The Morgan fingerprint density at radius 1 is 1.33 bits per heavy atom. The van der Waals surface area contributed by atoms with Gasteiger partial charge in [0.2, 0.25) is 0 Å². The van der Waals surface area contributed by atoms with Gasteiger partial charge in [-0.1, -0.05) is 20.8 Å². The highest BCUT2D eigenvalue weighted by Gasteiger charge is 2.42. The van der Waals surface area contributed by atoms with Gasteiger partial charge < -0.3 is 0 Å². The fraction of sp³-hybridized carbons (Fsp3) is 1.00. The second-order valence-electron chi connectivity index (χ2n) is 4.50. The third-order valence-electron chi connectivity index (χ3n) is 3.49. The lowest BCUT2D eigenvalue weighted by Gasteiger charge is -2.41. The Kier molecular flexibility index (Phi) is 2.74. The smallest absolute Gasteiger partial charge is 0.108 e. The summed E-state index contributed by atoms with van der Waals surface area (Å²) in [4.78, 5) is 0. The highest BCUT2D eigenvalue weighted by atomic mass is 19.1. The molecule has 2 heteroatoms. The van der Waals surface area contributed by atoms with Crippen molar-refractivity contribution in [3.8, 4) is 0 Å². The molecule has 1 rings (SSSR count). The maximum Gasteiger partial charge on any atom is 0.108 e. The van der Waals surface area contributed by atoms with Crippen molar-refractivity contribution < 1.29 is 8.78 Å². The van der Waals surface area contributed by atoms with E-state index in [1.165, 1.54) is 0 Å². The van der Waals surface area contributed by atoms with Gasteiger partial charge in [0, 0.05) is 11.8 Å². The molecule has 1 aliphatic carbocycles. The lowest BCUT2D eigenvalue weighted by molar-refractivity contribution is -0.00216. The van der Waals surface area contributed by atoms with Crippen LogP contribution in [-0.4, -0.2) is 12.3 Å². The molecule has 0 heterocycles. The van der Waals surface area contributed by atoms with Crippen molar-refractivity contribution in [2.24, 2.45) is 11.3 Å². The highest BCUT2D eigenvalue weighted by Crippen LogP contribution is 2.44. The van der Waals surface area contributed by atoms with Crippen LogP contribution in [0.2, 0.25) is 0 Å². The molecule has 72 valence electrons. The molecule has 0 amide bonds. The third kappa shape index (κ3) is 1.62. The van der Waals surface area contributed by atoms with E-state index in [2.05, 4.69) is 0 Å². The van der Waals surface area contributed by atoms with Gasteiger partial charge in [0.1, 0.15) is 12.3 Å². The molecule has 1 saturated carbocycles. The van der Waals surface area contributed by atoms with Crippen molar-refractivity contribution in [2.75, 3.05) is 0 Å². The summed E-state index contributed by atoms with van der Waals surface area (Å²) in [5.74, 6) is 0.306. The number of hydrogen-bond donors (Lipinski definition) is 0. The monoisotopic (exact) mass is 176 g/mol. The van der Waals surface area contributed by atoms with E-state index in [0.717, 1.165) is 0 Å². The average molecular weight is 176 g/mol. The zero-order valence-electron chi connectivity index (χ0n) is 8.11. The molecule has 3 atom stereocenters. The molecule has 1 fully saturated rings. The lowest BCUT2D eigenvalue weighted by Crippen LogP contribution is -2.40. The summed E-state index contributed by atoms with van der Waals surface area (Å²) in [5.41, 5.74) is -0.289. The third-order valence-corrected chi connectivity index (χ3v) is 3.49. The molecule has 0 spiro atoms. The van der Waals surface area contributed by atoms with E-state index in [9.17, 15) is 8.78 Å². The maximum atomic E-state index is 13.5. The van der Waals surface area contributed by atoms with Crippen LogP contribution in [0, 0.1) is 11.3 Å². The number of rotatable bonds is 1. The second kappa shape index (κ2) is 3.31. The van der Waals surface area contributed by atoms with Gasteiger partial charge in [0.05, 0.1) is 0 Å². The summed E-state index contributed by atoms with van der Waals surface area (Å²) in [6.07, 6.45) is -0.537. The first kappa shape index (κ1) is 9.94. The molecule has 2 unspecified atom stereocenters. The molecule has 12 heavy (non-hydrogen) atoms. The van der Waals surface area contributed by atoms with Crippen molar-refractivity contribution in [2.45, 2.75) is 52.4 Å². The van der Waals surface area contributed by atoms with E-state index in [4.69, 9.17) is 0 Å². The molecule has 0 bridgehead atoms. The largest absolute Gasteiger partial charge is 0.247 e. The quantitative estimate of drug-likeness (QED) is 0.573. The van der Waals surface area contributed by atoms with Crippen LogP contribution in [0.1, 0.15) is 40.0 Å². The van der Waals surface area contributed by atoms with Gasteiger partial charge in [-0.15, -0.1) is 0 Å². The summed E-state index contributed by atoms with van der Waals surface area (Å²) in [6, 6.07) is 0. The predicted octanol–water partition coefficient (Wildman–Crippen LogP) is 3.51. The van der Waals surface area contributed by atoms with E-state index in [-0.39, 0.29) is 11.8 Å². The van der Waals surface area contributed by atoms with Crippen molar-refractivity contribution >= 4 is 0 Å². The Hall–Kier alpha value is -0.140. The van der Waals surface area contributed by atoms with E-state index in [1.807, 2.05) is 20.8 Å². The molecule has 1 aliphatic rings. The molecule has 0 nitrogen and oxygen atoms in total. The Bertz CT molecular complexity index is 156. The summed E-state index contributed by atoms with van der Waals surface area (Å²) < 4.78 is 26.3. The van der Waals surface area contributed by atoms with E-state index in [1.54, 1.807) is 0 Å². The number of alkyl halides is 2.